The van der Waals surface area contributed by atoms with Gasteiger partial charge in [-0.15, -0.1) is 0 Å². The average Bonchev–Trinajstić information content (AvgIpc) is 2.16. The zero-order chi connectivity index (χ0) is 10.1. The van der Waals surface area contributed by atoms with Crippen molar-refractivity contribution < 1.29 is 4.39 Å². The molecule has 1 aliphatic heterocycles. The van der Waals surface area contributed by atoms with E-state index in [1.807, 2.05) is 0 Å². The lowest BCUT2D eigenvalue weighted by atomic mass is 10.2. The smallest absolute Gasteiger partial charge is 0.134 e. The first-order valence-corrected chi connectivity index (χ1v) is 4.99. The molecule has 0 amide bonds. The van der Waals surface area contributed by atoms with Gasteiger partial charge >= 0.3 is 0 Å². The van der Waals surface area contributed by atoms with E-state index in [0.717, 1.165) is 10.6 Å². The van der Waals surface area contributed by atoms with Gasteiger partial charge in [0.1, 0.15) is 11.1 Å². The van der Waals surface area contributed by atoms with Crippen LogP contribution >= 0.6 is 11.8 Å². The summed E-state index contributed by atoms with van der Waals surface area (Å²) in [7, 11) is 0. The second-order valence-corrected chi connectivity index (χ2v) is 4.14. The Hall–Kier alpha value is -1.34. The Morgan fingerprint density at radius 1 is 1.57 bits per heavy atom. The van der Waals surface area contributed by atoms with Gasteiger partial charge in [0.25, 0.3) is 0 Å². The average molecular weight is 206 g/mol. The summed E-state index contributed by atoms with van der Waals surface area (Å²) in [6, 6.07) is 6.58. The quantitative estimate of drug-likeness (QED) is 0.654. The van der Waals surface area contributed by atoms with E-state index < -0.39 is 0 Å². The van der Waals surface area contributed by atoms with Crippen molar-refractivity contribution in [3.8, 4) is 6.07 Å². The lowest BCUT2D eigenvalue weighted by molar-refractivity contribution is 0.627. The van der Waals surface area contributed by atoms with Crippen LogP contribution in [0.3, 0.4) is 0 Å². The lowest BCUT2D eigenvalue weighted by Crippen LogP contribution is -2.13. The second kappa shape index (κ2) is 3.43. The van der Waals surface area contributed by atoms with Crippen molar-refractivity contribution in [3.05, 3.63) is 24.0 Å². The normalized spacial score (nSPS) is 19.5. The molecule has 0 N–H and O–H groups in total. The summed E-state index contributed by atoms with van der Waals surface area (Å²) in [6.45, 7) is 1.79. The summed E-state index contributed by atoms with van der Waals surface area (Å²) in [5.41, 5.74) is 1.36. The van der Waals surface area contributed by atoms with Crippen LogP contribution in [-0.4, -0.2) is 11.0 Å². The van der Waals surface area contributed by atoms with E-state index in [0.29, 0.717) is 5.69 Å². The summed E-state index contributed by atoms with van der Waals surface area (Å²) in [4.78, 5) is 5.06. The van der Waals surface area contributed by atoms with Gasteiger partial charge in [0, 0.05) is 16.7 Å². The summed E-state index contributed by atoms with van der Waals surface area (Å²) in [6.07, 6.45) is 0. The summed E-state index contributed by atoms with van der Waals surface area (Å²) in [5.74, 6) is -0.295. The Balaban J connectivity index is 2.49. The molecule has 4 heteroatoms. The molecule has 0 saturated heterocycles. The molecule has 0 fully saturated rings. The summed E-state index contributed by atoms with van der Waals surface area (Å²) >= 11 is 1.42. The van der Waals surface area contributed by atoms with E-state index in [4.69, 9.17) is 5.26 Å². The van der Waals surface area contributed by atoms with E-state index in [-0.39, 0.29) is 11.1 Å². The highest BCUT2D eigenvalue weighted by molar-refractivity contribution is 8.01. The third kappa shape index (κ3) is 1.51. The standard InChI is InChI=1S/C10H7FN2S/c1-6-10(5-12)14-9-3-2-7(11)4-8(9)13-6/h2-4,10H,1H3. The van der Waals surface area contributed by atoms with Gasteiger partial charge in [-0.2, -0.15) is 5.26 Å². The predicted molar refractivity (Wildman–Crippen MR) is 54.4 cm³/mol. The maximum absolute atomic E-state index is 12.9. The summed E-state index contributed by atoms with van der Waals surface area (Å²) in [5, 5.41) is 8.57. The molecule has 1 unspecified atom stereocenters. The molecule has 2 rings (SSSR count). The number of fused-ring (bicyclic) bond motifs is 1. The molecule has 0 aromatic heterocycles. The highest BCUT2D eigenvalue weighted by Crippen LogP contribution is 2.37. The zero-order valence-electron chi connectivity index (χ0n) is 7.49. The fourth-order valence-corrected chi connectivity index (χ4v) is 2.16. The number of hydrogen-bond acceptors (Lipinski definition) is 3. The Bertz CT molecular complexity index is 448. The molecule has 1 atom stereocenters. The molecular formula is C10H7FN2S. The molecule has 14 heavy (non-hydrogen) atoms. The van der Waals surface area contributed by atoms with Crippen molar-refractivity contribution in [1.29, 1.82) is 5.26 Å². The van der Waals surface area contributed by atoms with Crippen LogP contribution in [0.5, 0.6) is 0 Å². The van der Waals surface area contributed by atoms with Crippen molar-refractivity contribution in [1.82, 2.24) is 0 Å². The van der Waals surface area contributed by atoms with Crippen molar-refractivity contribution in [2.24, 2.45) is 4.99 Å². The van der Waals surface area contributed by atoms with Crippen LogP contribution in [0, 0.1) is 17.1 Å². The molecule has 70 valence electrons. The van der Waals surface area contributed by atoms with Gasteiger partial charge < -0.3 is 0 Å². The minimum absolute atomic E-state index is 0.243. The molecule has 0 spiro atoms. The molecule has 1 aromatic rings. The molecule has 2 nitrogen and oxygen atoms in total. The molecular weight excluding hydrogens is 199 g/mol. The highest BCUT2D eigenvalue weighted by Gasteiger charge is 2.20. The molecule has 1 heterocycles. The monoisotopic (exact) mass is 206 g/mol. The molecule has 0 bridgehead atoms. The number of nitrogens with zero attached hydrogens (tertiary/aromatic N) is 2. The Labute approximate surface area is 85.5 Å². The van der Waals surface area contributed by atoms with Crippen molar-refractivity contribution >= 4 is 23.2 Å². The molecule has 0 saturated carbocycles. The Morgan fingerprint density at radius 2 is 2.36 bits per heavy atom. The minimum Gasteiger partial charge on any atom is -0.255 e. The number of halogens is 1. The molecule has 1 aromatic carbocycles. The van der Waals surface area contributed by atoms with E-state index in [9.17, 15) is 4.39 Å². The number of benzene rings is 1. The largest absolute Gasteiger partial charge is 0.255 e. The second-order valence-electron chi connectivity index (χ2n) is 2.99. The van der Waals surface area contributed by atoms with Gasteiger partial charge in [-0.3, -0.25) is 4.99 Å². The van der Waals surface area contributed by atoms with E-state index in [1.54, 1.807) is 13.0 Å². The highest BCUT2D eigenvalue weighted by atomic mass is 32.2. The first-order valence-electron chi connectivity index (χ1n) is 4.12. The third-order valence-electron chi connectivity index (χ3n) is 1.96. The van der Waals surface area contributed by atoms with E-state index in [1.165, 1.54) is 23.9 Å². The first-order chi connectivity index (χ1) is 6.70. The van der Waals surface area contributed by atoms with Crippen LogP contribution in [0.1, 0.15) is 6.92 Å². The van der Waals surface area contributed by atoms with Crippen LogP contribution in [-0.2, 0) is 0 Å². The SMILES string of the molecule is CC1=Nc2cc(F)ccc2SC1C#N. The summed E-state index contributed by atoms with van der Waals surface area (Å²) < 4.78 is 12.9. The topological polar surface area (TPSA) is 36.1 Å². The maximum atomic E-state index is 12.9. The molecule has 0 aliphatic carbocycles. The predicted octanol–water partition coefficient (Wildman–Crippen LogP) is 2.92. The van der Waals surface area contributed by atoms with Gasteiger partial charge in [-0.1, -0.05) is 11.8 Å². The van der Waals surface area contributed by atoms with Crippen LogP contribution in [0.15, 0.2) is 28.1 Å². The van der Waals surface area contributed by atoms with Crippen LogP contribution < -0.4 is 0 Å². The van der Waals surface area contributed by atoms with E-state index in [2.05, 4.69) is 11.1 Å². The van der Waals surface area contributed by atoms with Crippen molar-refractivity contribution in [2.75, 3.05) is 0 Å². The third-order valence-corrected chi connectivity index (χ3v) is 3.24. The van der Waals surface area contributed by atoms with E-state index >= 15 is 0 Å². The number of thioether (sulfide) groups is 1. The van der Waals surface area contributed by atoms with Gasteiger partial charge in [-0.05, 0) is 19.1 Å². The van der Waals surface area contributed by atoms with Gasteiger partial charge in [-0.25, -0.2) is 4.39 Å². The minimum atomic E-state index is -0.295. The molecule has 0 radical (unpaired) electrons. The zero-order valence-corrected chi connectivity index (χ0v) is 8.31. The maximum Gasteiger partial charge on any atom is 0.134 e. The lowest BCUT2D eigenvalue weighted by Gasteiger charge is -2.16. The van der Waals surface area contributed by atoms with Crippen LogP contribution in [0.2, 0.25) is 0 Å². The number of nitriles is 1. The van der Waals surface area contributed by atoms with Crippen molar-refractivity contribution in [2.45, 2.75) is 17.1 Å². The van der Waals surface area contributed by atoms with Crippen LogP contribution in [0.25, 0.3) is 0 Å². The number of aliphatic imine (C=N–C) groups is 1. The van der Waals surface area contributed by atoms with Gasteiger partial charge in [0.2, 0.25) is 0 Å². The van der Waals surface area contributed by atoms with Crippen LogP contribution in [0.4, 0.5) is 10.1 Å². The van der Waals surface area contributed by atoms with Gasteiger partial charge in [0.05, 0.1) is 11.8 Å². The Kier molecular flexibility index (Phi) is 2.26. The Morgan fingerprint density at radius 3 is 3.07 bits per heavy atom. The fraction of sp³-hybridized carbons (Fsp3) is 0.200. The van der Waals surface area contributed by atoms with Crippen molar-refractivity contribution in [3.63, 3.8) is 0 Å². The van der Waals surface area contributed by atoms with Gasteiger partial charge in [0.15, 0.2) is 0 Å². The number of rotatable bonds is 0. The fourth-order valence-electron chi connectivity index (χ4n) is 1.26. The number of hydrogen-bond donors (Lipinski definition) is 0. The first kappa shape index (κ1) is 9.22. The molecule has 1 aliphatic rings.